The highest BCUT2D eigenvalue weighted by molar-refractivity contribution is 7.12. The quantitative estimate of drug-likeness (QED) is 0.769. The smallest absolute Gasteiger partial charge is 0.416 e. The van der Waals surface area contributed by atoms with E-state index < -0.39 is 17.7 Å². The molecule has 0 amide bonds. The number of benzene rings is 1. The summed E-state index contributed by atoms with van der Waals surface area (Å²) >= 11 is 1.15. The maximum absolute atomic E-state index is 12.7. The number of rotatable bonds is 4. The average molecular weight is 355 g/mol. The molecule has 0 aliphatic carbocycles. The van der Waals surface area contributed by atoms with Crippen LogP contribution >= 0.6 is 11.3 Å². The lowest BCUT2D eigenvalue weighted by molar-refractivity contribution is -0.137. The van der Waals surface area contributed by atoms with E-state index in [9.17, 15) is 23.1 Å². The van der Waals surface area contributed by atoms with Gasteiger partial charge in [-0.15, -0.1) is 11.3 Å². The molecule has 3 aromatic rings. The molecule has 0 radical (unpaired) electrons. The van der Waals surface area contributed by atoms with Gasteiger partial charge in [0.25, 0.3) is 0 Å². The van der Waals surface area contributed by atoms with Gasteiger partial charge in [0.1, 0.15) is 5.75 Å². The van der Waals surface area contributed by atoms with E-state index in [2.05, 4.69) is 10.1 Å². The minimum Gasteiger partial charge on any atom is -0.476 e. The van der Waals surface area contributed by atoms with Crippen LogP contribution in [0, 0.1) is 0 Å². The van der Waals surface area contributed by atoms with Crippen molar-refractivity contribution < 1.29 is 27.8 Å². The number of aromatic carboxylic acids is 1. The number of hydrogen-bond donors (Lipinski definition) is 1. The first-order valence-corrected chi connectivity index (χ1v) is 7.30. The molecule has 1 aromatic carbocycles. The Morgan fingerprint density at radius 2 is 2.12 bits per heavy atom. The predicted octanol–water partition coefficient (Wildman–Crippen LogP) is 3.84. The van der Waals surface area contributed by atoms with Crippen molar-refractivity contribution in [2.75, 3.05) is 0 Å². The molecule has 0 saturated carbocycles. The number of halogens is 3. The monoisotopic (exact) mass is 355 g/mol. The number of alkyl halides is 3. The third kappa shape index (κ3) is 3.08. The molecule has 10 heteroatoms. The molecule has 124 valence electrons. The van der Waals surface area contributed by atoms with Gasteiger partial charge in [-0.3, -0.25) is 0 Å². The van der Waals surface area contributed by atoms with Gasteiger partial charge in [0.15, 0.2) is 11.4 Å². The van der Waals surface area contributed by atoms with E-state index in [1.807, 2.05) is 0 Å². The second-order valence-corrected chi connectivity index (χ2v) is 5.39. The van der Waals surface area contributed by atoms with Crippen LogP contribution in [-0.2, 0) is 6.18 Å². The largest absolute Gasteiger partial charge is 0.476 e. The van der Waals surface area contributed by atoms with Crippen LogP contribution in [0.2, 0.25) is 0 Å². The van der Waals surface area contributed by atoms with Crippen molar-refractivity contribution in [3.05, 3.63) is 53.3 Å². The standard InChI is InChI=1S/C14H8F3N3O3S/c15-14(16,17)8-2-1-3-9(6-8)23-10-7-19-20(11(10)12(21)22)13-18-4-5-24-13/h1-7H,(H,21,22). The number of nitrogens with zero attached hydrogens (tertiary/aromatic N) is 3. The summed E-state index contributed by atoms with van der Waals surface area (Å²) < 4.78 is 44.5. The normalized spacial score (nSPS) is 11.5. The molecule has 0 aliphatic rings. The fourth-order valence-electron chi connectivity index (χ4n) is 1.93. The van der Waals surface area contributed by atoms with Crippen LogP contribution in [0.5, 0.6) is 11.5 Å². The highest BCUT2D eigenvalue weighted by atomic mass is 32.1. The van der Waals surface area contributed by atoms with Crippen molar-refractivity contribution in [2.45, 2.75) is 6.18 Å². The third-order valence-electron chi connectivity index (χ3n) is 2.93. The third-order valence-corrected chi connectivity index (χ3v) is 3.67. The molecule has 0 aliphatic heterocycles. The maximum atomic E-state index is 12.7. The van der Waals surface area contributed by atoms with Crippen LogP contribution in [0.1, 0.15) is 16.1 Å². The molecule has 0 atom stereocenters. The highest BCUT2D eigenvalue weighted by Gasteiger charge is 2.31. The molecule has 0 saturated heterocycles. The lowest BCUT2D eigenvalue weighted by Gasteiger charge is -2.09. The van der Waals surface area contributed by atoms with Gasteiger partial charge < -0.3 is 9.84 Å². The van der Waals surface area contributed by atoms with Crippen molar-refractivity contribution in [3.8, 4) is 16.6 Å². The van der Waals surface area contributed by atoms with Gasteiger partial charge in [-0.1, -0.05) is 6.07 Å². The Bertz CT molecular complexity index is 875. The van der Waals surface area contributed by atoms with E-state index in [-0.39, 0.29) is 17.2 Å². The van der Waals surface area contributed by atoms with Crippen molar-refractivity contribution >= 4 is 17.3 Å². The van der Waals surface area contributed by atoms with Crippen LogP contribution < -0.4 is 4.74 Å². The lowest BCUT2D eigenvalue weighted by atomic mass is 10.2. The minimum atomic E-state index is -4.53. The van der Waals surface area contributed by atoms with E-state index >= 15 is 0 Å². The minimum absolute atomic E-state index is 0.147. The lowest BCUT2D eigenvalue weighted by Crippen LogP contribution is -2.09. The van der Waals surface area contributed by atoms with Crippen molar-refractivity contribution in [2.24, 2.45) is 0 Å². The summed E-state index contributed by atoms with van der Waals surface area (Å²) in [4.78, 5) is 15.4. The summed E-state index contributed by atoms with van der Waals surface area (Å²) in [6, 6.07) is 4.14. The fourth-order valence-corrected chi connectivity index (χ4v) is 2.54. The van der Waals surface area contributed by atoms with E-state index in [0.717, 1.165) is 34.3 Å². The van der Waals surface area contributed by atoms with E-state index in [1.165, 1.54) is 18.3 Å². The van der Waals surface area contributed by atoms with Gasteiger partial charge in [0, 0.05) is 11.6 Å². The van der Waals surface area contributed by atoms with Crippen molar-refractivity contribution in [1.82, 2.24) is 14.8 Å². The summed E-state index contributed by atoms with van der Waals surface area (Å²) in [5, 5.41) is 15.2. The van der Waals surface area contributed by atoms with Crippen molar-refractivity contribution in [1.29, 1.82) is 0 Å². The Balaban J connectivity index is 1.98. The number of carboxylic acids is 1. The Labute approximate surface area is 136 Å². The molecule has 2 heterocycles. The van der Waals surface area contributed by atoms with Crippen LogP contribution in [0.3, 0.4) is 0 Å². The Morgan fingerprint density at radius 1 is 1.33 bits per heavy atom. The Morgan fingerprint density at radius 3 is 2.75 bits per heavy atom. The summed E-state index contributed by atoms with van der Waals surface area (Å²) in [5.74, 6) is -1.67. The number of aromatic nitrogens is 3. The first-order valence-electron chi connectivity index (χ1n) is 6.42. The summed E-state index contributed by atoms with van der Waals surface area (Å²) in [5.41, 5.74) is -1.23. The summed E-state index contributed by atoms with van der Waals surface area (Å²) in [6.45, 7) is 0. The Hall–Kier alpha value is -2.88. The molecule has 0 spiro atoms. The van der Waals surface area contributed by atoms with Crippen LogP contribution in [0.4, 0.5) is 13.2 Å². The fraction of sp³-hybridized carbons (Fsp3) is 0.0714. The van der Waals surface area contributed by atoms with Gasteiger partial charge in [-0.2, -0.15) is 23.0 Å². The second-order valence-electron chi connectivity index (χ2n) is 4.52. The molecule has 0 bridgehead atoms. The maximum Gasteiger partial charge on any atom is 0.416 e. The van der Waals surface area contributed by atoms with Gasteiger partial charge in [-0.25, -0.2) is 9.78 Å². The molecular weight excluding hydrogens is 347 g/mol. The van der Waals surface area contributed by atoms with Crippen LogP contribution in [0.25, 0.3) is 5.13 Å². The molecule has 0 unspecified atom stereocenters. The topological polar surface area (TPSA) is 77.2 Å². The molecule has 3 rings (SSSR count). The average Bonchev–Trinajstić information content (AvgIpc) is 3.15. The van der Waals surface area contributed by atoms with Crippen molar-refractivity contribution in [3.63, 3.8) is 0 Å². The number of carboxylic acid groups (broad SMARTS) is 1. The number of carbonyl (C=O) groups is 1. The predicted molar refractivity (Wildman–Crippen MR) is 77.7 cm³/mol. The number of ether oxygens (including phenoxy) is 1. The van der Waals surface area contributed by atoms with Crippen LogP contribution in [-0.4, -0.2) is 25.8 Å². The first-order chi connectivity index (χ1) is 11.4. The molecule has 6 nitrogen and oxygen atoms in total. The molecular formula is C14H8F3N3O3S. The SMILES string of the molecule is O=C(O)c1c(Oc2cccc(C(F)(F)F)c2)cnn1-c1nccs1. The van der Waals surface area contributed by atoms with E-state index in [4.69, 9.17) is 4.74 Å². The number of hydrogen-bond acceptors (Lipinski definition) is 5. The molecule has 1 N–H and O–H groups in total. The van der Waals surface area contributed by atoms with Crippen LogP contribution in [0.15, 0.2) is 42.0 Å². The second kappa shape index (κ2) is 5.96. The molecule has 0 fully saturated rings. The van der Waals surface area contributed by atoms with E-state index in [0.29, 0.717) is 5.13 Å². The zero-order valence-corrected chi connectivity index (χ0v) is 12.5. The van der Waals surface area contributed by atoms with Gasteiger partial charge in [0.2, 0.25) is 5.13 Å². The molecule has 2 aromatic heterocycles. The first kappa shape index (κ1) is 16.0. The summed E-state index contributed by atoms with van der Waals surface area (Å²) in [6.07, 6.45) is -1.94. The molecule has 24 heavy (non-hydrogen) atoms. The van der Waals surface area contributed by atoms with Gasteiger partial charge in [0.05, 0.1) is 11.8 Å². The Kier molecular flexibility index (Phi) is 3.97. The van der Waals surface area contributed by atoms with Gasteiger partial charge in [-0.05, 0) is 18.2 Å². The zero-order valence-electron chi connectivity index (χ0n) is 11.7. The highest BCUT2D eigenvalue weighted by Crippen LogP contribution is 2.33. The summed E-state index contributed by atoms with van der Waals surface area (Å²) in [7, 11) is 0. The number of thiazole rings is 1. The zero-order chi connectivity index (χ0) is 17.3. The van der Waals surface area contributed by atoms with Gasteiger partial charge >= 0.3 is 12.1 Å². The van der Waals surface area contributed by atoms with E-state index in [1.54, 1.807) is 5.38 Å².